The molecule has 0 aromatic carbocycles. The first-order chi connectivity index (χ1) is 15.6. The van der Waals surface area contributed by atoms with Gasteiger partial charge >= 0.3 is 11.9 Å². The zero-order valence-corrected chi connectivity index (χ0v) is 22.2. The first-order valence-corrected chi connectivity index (χ1v) is 14.0. The highest BCUT2D eigenvalue weighted by molar-refractivity contribution is 9.09. The number of carbonyl (C=O) groups is 2. The van der Waals surface area contributed by atoms with E-state index in [1.54, 1.807) is 0 Å². The highest BCUT2D eigenvalue weighted by Gasteiger charge is 2.63. The Morgan fingerprint density at radius 2 is 1.88 bits per heavy atom. The molecule has 186 valence electrons. The summed E-state index contributed by atoms with van der Waals surface area (Å²) in [5, 5.41) is 11.4. The van der Waals surface area contributed by atoms with Crippen molar-refractivity contribution in [3.63, 3.8) is 0 Å². The van der Waals surface area contributed by atoms with Crippen LogP contribution in [0.3, 0.4) is 0 Å². The van der Waals surface area contributed by atoms with E-state index < -0.39 is 6.10 Å². The molecule has 1 N–H and O–H groups in total. The fourth-order valence-corrected chi connectivity index (χ4v) is 8.76. The zero-order chi connectivity index (χ0) is 24.0. The van der Waals surface area contributed by atoms with Crippen LogP contribution in [0, 0.1) is 28.6 Å². The number of carbonyl (C=O) groups excluding carboxylic acids is 2. The van der Waals surface area contributed by atoms with Crippen LogP contribution < -0.4 is 0 Å². The number of esters is 2. The average molecular weight is 526 g/mol. The van der Waals surface area contributed by atoms with Gasteiger partial charge in [-0.2, -0.15) is 0 Å². The second-order valence-corrected chi connectivity index (χ2v) is 12.6. The number of aliphatic hydroxyl groups is 1. The highest BCUT2D eigenvalue weighted by atomic mass is 79.9. The lowest BCUT2D eigenvalue weighted by Gasteiger charge is -2.58. The summed E-state index contributed by atoms with van der Waals surface area (Å²) in [5.74, 6) is 0.660. The van der Waals surface area contributed by atoms with Crippen LogP contribution >= 0.6 is 15.9 Å². The Hall–Kier alpha value is -0.880. The molecule has 6 heteroatoms. The summed E-state index contributed by atoms with van der Waals surface area (Å²) in [4.78, 5) is 24.5. The minimum Gasteiger partial charge on any atom is -0.462 e. The molecule has 4 aliphatic carbocycles. The number of rotatable bonds is 6. The van der Waals surface area contributed by atoms with Gasteiger partial charge in [0.15, 0.2) is 0 Å². The van der Waals surface area contributed by atoms with Gasteiger partial charge in [0, 0.05) is 24.7 Å². The summed E-state index contributed by atoms with van der Waals surface area (Å²) in [7, 11) is 0. The van der Waals surface area contributed by atoms with Gasteiger partial charge in [-0.1, -0.05) is 61.7 Å². The van der Waals surface area contributed by atoms with E-state index in [1.165, 1.54) is 5.57 Å². The van der Waals surface area contributed by atoms with Crippen LogP contribution in [-0.2, 0) is 19.1 Å². The summed E-state index contributed by atoms with van der Waals surface area (Å²) >= 11 is 3.83. The van der Waals surface area contributed by atoms with Crippen LogP contribution in [0.15, 0.2) is 11.6 Å². The molecule has 4 rings (SSSR count). The first-order valence-electron chi connectivity index (χ1n) is 13.1. The Morgan fingerprint density at radius 3 is 2.58 bits per heavy atom. The molecule has 0 radical (unpaired) electrons. The van der Waals surface area contributed by atoms with Crippen LogP contribution in [0.25, 0.3) is 0 Å². The Labute approximate surface area is 207 Å². The highest BCUT2D eigenvalue weighted by Crippen LogP contribution is 2.66. The number of ether oxygens (including phenoxy) is 2. The summed E-state index contributed by atoms with van der Waals surface area (Å²) in [5.41, 5.74) is 1.20. The molecule has 3 saturated carbocycles. The van der Waals surface area contributed by atoms with E-state index in [0.717, 1.165) is 51.4 Å². The number of alkyl halides is 1. The van der Waals surface area contributed by atoms with Crippen molar-refractivity contribution >= 4 is 27.9 Å². The van der Waals surface area contributed by atoms with Gasteiger partial charge in [0.2, 0.25) is 0 Å². The summed E-state index contributed by atoms with van der Waals surface area (Å²) in [6.45, 7) is 8.56. The van der Waals surface area contributed by atoms with Gasteiger partial charge in [-0.3, -0.25) is 9.59 Å². The normalized spacial score (nSPS) is 44.2. The van der Waals surface area contributed by atoms with E-state index >= 15 is 0 Å². The smallest absolute Gasteiger partial charge is 0.306 e. The lowest BCUT2D eigenvalue weighted by Crippen LogP contribution is -2.55. The summed E-state index contributed by atoms with van der Waals surface area (Å²) in [6.07, 6.45) is 9.72. The fourth-order valence-electron chi connectivity index (χ4n) is 7.64. The van der Waals surface area contributed by atoms with Gasteiger partial charge in [-0.25, -0.2) is 0 Å². The lowest BCUT2D eigenvalue weighted by molar-refractivity contribution is -0.161. The van der Waals surface area contributed by atoms with Crippen molar-refractivity contribution in [1.82, 2.24) is 0 Å². The molecule has 0 heterocycles. The van der Waals surface area contributed by atoms with Gasteiger partial charge in [-0.05, 0) is 61.7 Å². The molecule has 9 atom stereocenters. The molecule has 0 bridgehead atoms. The van der Waals surface area contributed by atoms with E-state index in [2.05, 4.69) is 42.8 Å². The predicted octanol–water partition coefficient (Wildman–Crippen LogP) is 5.72. The van der Waals surface area contributed by atoms with Crippen LogP contribution in [0.2, 0.25) is 0 Å². The summed E-state index contributed by atoms with van der Waals surface area (Å²) in [6, 6.07) is 0. The number of unbranched alkanes of at least 4 members (excludes halogenated alkanes) is 1. The third-order valence-electron chi connectivity index (χ3n) is 9.56. The first kappa shape index (κ1) is 25.2. The number of hydrogen-bond donors (Lipinski definition) is 1. The summed E-state index contributed by atoms with van der Waals surface area (Å²) < 4.78 is 11.7. The topological polar surface area (TPSA) is 72.8 Å². The minimum absolute atomic E-state index is 0.0392. The van der Waals surface area contributed by atoms with E-state index in [9.17, 15) is 14.7 Å². The molecule has 0 amide bonds. The largest absolute Gasteiger partial charge is 0.462 e. The standard InChI is InChI=1S/C27H41BrO5/c1-5-7-8-23(31)32-17-9-11-26(3)16(13-17)14-21(29)24-18(26)10-12-27(4)19(24)15-20(28)25(27)33-22(30)6-2/h14,17-21,24-25,29H,5-13,15H2,1-4H3/t17-,18?,19?,20+,21?,24?,25-,26-,27-/m0/s1. The van der Waals surface area contributed by atoms with Crippen molar-refractivity contribution in [2.45, 2.75) is 115 Å². The van der Waals surface area contributed by atoms with Gasteiger partial charge < -0.3 is 14.6 Å². The van der Waals surface area contributed by atoms with E-state index in [-0.39, 0.29) is 45.7 Å². The maximum atomic E-state index is 12.2. The van der Waals surface area contributed by atoms with Crippen LogP contribution in [0.5, 0.6) is 0 Å². The molecule has 0 saturated heterocycles. The molecule has 0 spiro atoms. The number of fused-ring (bicyclic) bond motifs is 5. The fraction of sp³-hybridized carbons (Fsp3) is 0.852. The zero-order valence-electron chi connectivity index (χ0n) is 20.6. The number of aliphatic hydroxyl groups excluding tert-OH is 1. The Kier molecular flexibility index (Phi) is 7.37. The maximum Gasteiger partial charge on any atom is 0.306 e. The SMILES string of the molecule is CCCCC(=O)O[C@H]1CC[C@@]2(C)C(=CC(O)C3C2CC[C@@]2(C)C3C[C@@H](Br)[C@@H]2OC(=O)CC)C1. The van der Waals surface area contributed by atoms with Crippen molar-refractivity contribution in [3.05, 3.63) is 11.6 Å². The Morgan fingerprint density at radius 1 is 1.12 bits per heavy atom. The van der Waals surface area contributed by atoms with Gasteiger partial charge in [0.05, 0.1) is 10.9 Å². The molecule has 4 aliphatic rings. The number of halogens is 1. The molecule has 33 heavy (non-hydrogen) atoms. The van der Waals surface area contributed by atoms with Crippen molar-refractivity contribution < 1.29 is 24.2 Å². The third-order valence-corrected chi connectivity index (χ3v) is 10.4. The second kappa shape index (κ2) is 9.64. The monoisotopic (exact) mass is 524 g/mol. The van der Waals surface area contributed by atoms with E-state index in [4.69, 9.17) is 9.47 Å². The van der Waals surface area contributed by atoms with Crippen LogP contribution in [0.4, 0.5) is 0 Å². The lowest BCUT2D eigenvalue weighted by atomic mass is 9.47. The van der Waals surface area contributed by atoms with Crippen LogP contribution in [0.1, 0.15) is 91.9 Å². The van der Waals surface area contributed by atoms with Gasteiger partial charge in [0.1, 0.15) is 12.2 Å². The third kappa shape index (κ3) is 4.44. The number of hydrogen-bond acceptors (Lipinski definition) is 5. The molecule has 0 aromatic rings. The predicted molar refractivity (Wildman–Crippen MR) is 131 cm³/mol. The van der Waals surface area contributed by atoms with Crippen molar-refractivity contribution in [1.29, 1.82) is 0 Å². The maximum absolute atomic E-state index is 12.2. The van der Waals surface area contributed by atoms with E-state index in [1.807, 2.05) is 6.92 Å². The van der Waals surface area contributed by atoms with Crippen LogP contribution in [-0.4, -0.2) is 40.2 Å². The Bertz CT molecular complexity index is 795. The molecule has 3 fully saturated rings. The van der Waals surface area contributed by atoms with E-state index in [0.29, 0.717) is 24.7 Å². The Balaban J connectivity index is 1.53. The van der Waals surface area contributed by atoms with Gasteiger partial charge in [0.25, 0.3) is 0 Å². The minimum atomic E-state index is -0.502. The average Bonchev–Trinajstić information content (AvgIpc) is 3.03. The molecule has 0 aliphatic heterocycles. The quantitative estimate of drug-likeness (QED) is 0.273. The molecular weight excluding hydrogens is 484 g/mol. The van der Waals surface area contributed by atoms with Crippen molar-refractivity contribution in [2.75, 3.05) is 0 Å². The van der Waals surface area contributed by atoms with Gasteiger partial charge in [-0.15, -0.1) is 0 Å². The second-order valence-electron chi connectivity index (χ2n) is 11.4. The van der Waals surface area contributed by atoms with Crippen molar-refractivity contribution in [3.8, 4) is 0 Å². The molecule has 4 unspecified atom stereocenters. The molecule has 5 nitrogen and oxygen atoms in total. The van der Waals surface area contributed by atoms with Crippen molar-refractivity contribution in [2.24, 2.45) is 28.6 Å². The molecular formula is C27H41BrO5. The molecule has 0 aromatic heterocycles.